The number of carbonyl (C=O) groups is 1. The van der Waals surface area contributed by atoms with E-state index in [1.54, 1.807) is 0 Å². The molecule has 19 heavy (non-hydrogen) atoms. The van der Waals surface area contributed by atoms with Crippen LogP contribution in [0, 0.1) is 6.92 Å². The molecular formula is C14H15BrN2O2. The van der Waals surface area contributed by atoms with E-state index in [1.165, 1.54) is 7.11 Å². The molecule has 0 radical (unpaired) electrons. The lowest BCUT2D eigenvalue weighted by Gasteiger charge is -1.98. The van der Waals surface area contributed by atoms with Crippen molar-refractivity contribution in [1.29, 1.82) is 0 Å². The molecule has 4 nitrogen and oxygen atoms in total. The van der Waals surface area contributed by atoms with Gasteiger partial charge in [-0.2, -0.15) is 0 Å². The molecule has 1 N–H and O–H groups in total. The van der Waals surface area contributed by atoms with Crippen molar-refractivity contribution in [3.05, 3.63) is 40.3 Å². The molecule has 0 aliphatic carbocycles. The first-order chi connectivity index (χ1) is 9.10. The molecule has 100 valence electrons. The number of aryl methyl sites for hydroxylation is 2. The van der Waals surface area contributed by atoms with Crippen LogP contribution >= 0.6 is 15.9 Å². The fraction of sp³-hybridized carbons (Fsp3) is 0.286. The molecule has 0 amide bonds. The standard InChI is InChI=1S/C14H15BrN2O2/c1-9-14(10-3-5-11(15)6-4-10)17-12(16-9)7-8-13(18)19-2/h3-6H,7-8H2,1-2H3,(H,16,17). The van der Waals surface area contributed by atoms with Crippen molar-refractivity contribution in [3.63, 3.8) is 0 Å². The number of hydrogen-bond acceptors (Lipinski definition) is 3. The van der Waals surface area contributed by atoms with Crippen LogP contribution in [0.1, 0.15) is 17.9 Å². The number of esters is 1. The second kappa shape index (κ2) is 6.02. The molecule has 0 fully saturated rings. The van der Waals surface area contributed by atoms with E-state index >= 15 is 0 Å². The van der Waals surface area contributed by atoms with Crippen LogP contribution in [0.15, 0.2) is 28.7 Å². The van der Waals surface area contributed by atoms with Crippen molar-refractivity contribution in [2.45, 2.75) is 19.8 Å². The Labute approximate surface area is 120 Å². The lowest BCUT2D eigenvalue weighted by atomic mass is 10.1. The number of imidazole rings is 1. The number of H-pyrrole nitrogens is 1. The maximum Gasteiger partial charge on any atom is 0.305 e. The molecule has 1 aromatic heterocycles. The Hall–Kier alpha value is -1.62. The lowest BCUT2D eigenvalue weighted by Crippen LogP contribution is -2.02. The zero-order chi connectivity index (χ0) is 13.8. The fourth-order valence-corrected chi connectivity index (χ4v) is 2.12. The summed E-state index contributed by atoms with van der Waals surface area (Å²) in [6, 6.07) is 7.99. The number of aromatic nitrogens is 2. The van der Waals surface area contributed by atoms with Gasteiger partial charge < -0.3 is 9.72 Å². The molecular weight excluding hydrogens is 308 g/mol. The number of nitrogens with one attached hydrogen (secondary N) is 1. The lowest BCUT2D eigenvalue weighted by molar-refractivity contribution is -0.140. The Morgan fingerprint density at radius 1 is 1.37 bits per heavy atom. The van der Waals surface area contributed by atoms with Crippen LogP contribution < -0.4 is 0 Å². The molecule has 1 aromatic carbocycles. The Balaban J connectivity index is 2.16. The van der Waals surface area contributed by atoms with E-state index in [0.29, 0.717) is 12.8 Å². The average Bonchev–Trinajstić information content (AvgIpc) is 2.78. The number of carbonyl (C=O) groups excluding carboxylic acids is 1. The third-order valence-corrected chi connectivity index (χ3v) is 3.37. The summed E-state index contributed by atoms with van der Waals surface area (Å²) in [6.07, 6.45) is 0.896. The van der Waals surface area contributed by atoms with Crippen molar-refractivity contribution in [2.24, 2.45) is 0 Å². The summed E-state index contributed by atoms with van der Waals surface area (Å²) in [6.45, 7) is 1.98. The maximum atomic E-state index is 11.1. The van der Waals surface area contributed by atoms with Gasteiger partial charge in [-0.15, -0.1) is 0 Å². The Morgan fingerprint density at radius 3 is 2.68 bits per heavy atom. The third-order valence-electron chi connectivity index (χ3n) is 2.85. The number of halogens is 1. The van der Waals surface area contributed by atoms with Gasteiger partial charge in [-0.05, 0) is 19.1 Å². The number of nitrogens with zero attached hydrogens (tertiary/aromatic N) is 1. The van der Waals surface area contributed by atoms with Gasteiger partial charge in [0, 0.05) is 22.2 Å². The normalized spacial score (nSPS) is 10.5. The molecule has 5 heteroatoms. The Morgan fingerprint density at radius 2 is 2.05 bits per heavy atom. The van der Waals surface area contributed by atoms with E-state index in [9.17, 15) is 4.79 Å². The van der Waals surface area contributed by atoms with Gasteiger partial charge in [0.25, 0.3) is 0 Å². The van der Waals surface area contributed by atoms with Gasteiger partial charge in [0.2, 0.25) is 0 Å². The molecule has 2 rings (SSSR count). The Kier molecular flexibility index (Phi) is 4.37. The zero-order valence-corrected chi connectivity index (χ0v) is 12.5. The molecule has 0 aliphatic heterocycles. The third kappa shape index (κ3) is 3.44. The number of hydrogen-bond donors (Lipinski definition) is 1. The fourth-order valence-electron chi connectivity index (χ4n) is 1.85. The van der Waals surface area contributed by atoms with Gasteiger partial charge in [-0.3, -0.25) is 4.79 Å². The molecule has 0 saturated carbocycles. The van der Waals surface area contributed by atoms with Crippen LogP contribution in [0.5, 0.6) is 0 Å². The summed E-state index contributed by atoms with van der Waals surface area (Å²) in [5, 5.41) is 0. The summed E-state index contributed by atoms with van der Waals surface area (Å²) in [4.78, 5) is 18.9. The number of methoxy groups -OCH3 is 1. The predicted molar refractivity (Wildman–Crippen MR) is 76.8 cm³/mol. The van der Waals surface area contributed by atoms with Crippen molar-refractivity contribution < 1.29 is 9.53 Å². The predicted octanol–water partition coefficient (Wildman–Crippen LogP) is 3.25. The summed E-state index contributed by atoms with van der Waals surface area (Å²) < 4.78 is 5.66. The minimum Gasteiger partial charge on any atom is -0.469 e. The van der Waals surface area contributed by atoms with E-state index in [0.717, 1.165) is 27.2 Å². The van der Waals surface area contributed by atoms with E-state index in [1.807, 2.05) is 31.2 Å². The molecule has 0 bridgehead atoms. The van der Waals surface area contributed by atoms with E-state index in [4.69, 9.17) is 0 Å². The molecule has 0 aliphatic rings. The molecule has 0 unspecified atom stereocenters. The van der Waals surface area contributed by atoms with Crippen LogP contribution in [0.4, 0.5) is 0 Å². The highest BCUT2D eigenvalue weighted by Crippen LogP contribution is 2.23. The Bertz CT molecular complexity index is 576. The van der Waals surface area contributed by atoms with Gasteiger partial charge in [0.05, 0.1) is 19.2 Å². The summed E-state index contributed by atoms with van der Waals surface area (Å²) in [5.41, 5.74) is 2.98. The SMILES string of the molecule is COC(=O)CCc1nc(-c2ccc(Br)cc2)c(C)[nH]1. The second-order valence-electron chi connectivity index (χ2n) is 4.24. The van der Waals surface area contributed by atoms with Crippen molar-refractivity contribution in [2.75, 3.05) is 7.11 Å². The first-order valence-electron chi connectivity index (χ1n) is 5.98. The minimum absolute atomic E-state index is 0.223. The number of rotatable bonds is 4. The molecule has 1 heterocycles. The number of aromatic amines is 1. The van der Waals surface area contributed by atoms with E-state index < -0.39 is 0 Å². The molecule has 0 saturated heterocycles. The van der Waals surface area contributed by atoms with Crippen molar-refractivity contribution in [3.8, 4) is 11.3 Å². The van der Waals surface area contributed by atoms with Crippen LogP contribution in [-0.2, 0) is 16.0 Å². The van der Waals surface area contributed by atoms with Gasteiger partial charge in [0.1, 0.15) is 5.82 Å². The summed E-state index contributed by atoms with van der Waals surface area (Å²) in [5.74, 6) is 0.583. The van der Waals surface area contributed by atoms with Crippen molar-refractivity contribution in [1.82, 2.24) is 9.97 Å². The average molecular weight is 323 g/mol. The zero-order valence-electron chi connectivity index (χ0n) is 10.9. The van der Waals surface area contributed by atoms with Gasteiger partial charge in [-0.1, -0.05) is 28.1 Å². The van der Waals surface area contributed by atoms with Gasteiger partial charge in [-0.25, -0.2) is 4.98 Å². The highest BCUT2D eigenvalue weighted by atomic mass is 79.9. The largest absolute Gasteiger partial charge is 0.469 e. The van der Waals surface area contributed by atoms with Crippen LogP contribution in [0.3, 0.4) is 0 Å². The van der Waals surface area contributed by atoms with Crippen molar-refractivity contribution >= 4 is 21.9 Å². The van der Waals surface area contributed by atoms with Crippen LogP contribution in [0.25, 0.3) is 11.3 Å². The highest BCUT2D eigenvalue weighted by Gasteiger charge is 2.10. The van der Waals surface area contributed by atoms with Crippen LogP contribution in [-0.4, -0.2) is 23.0 Å². The smallest absolute Gasteiger partial charge is 0.305 e. The quantitative estimate of drug-likeness (QED) is 0.879. The molecule has 0 spiro atoms. The van der Waals surface area contributed by atoms with Gasteiger partial charge in [0.15, 0.2) is 0 Å². The number of ether oxygens (including phenoxy) is 1. The minimum atomic E-state index is -0.223. The summed E-state index contributed by atoms with van der Waals surface area (Å²) in [7, 11) is 1.39. The highest BCUT2D eigenvalue weighted by molar-refractivity contribution is 9.10. The molecule has 2 aromatic rings. The monoisotopic (exact) mass is 322 g/mol. The van der Waals surface area contributed by atoms with E-state index in [-0.39, 0.29) is 5.97 Å². The second-order valence-corrected chi connectivity index (χ2v) is 5.16. The molecule has 0 atom stereocenters. The van der Waals surface area contributed by atoms with Crippen LogP contribution in [0.2, 0.25) is 0 Å². The maximum absolute atomic E-state index is 11.1. The topological polar surface area (TPSA) is 55.0 Å². The van der Waals surface area contributed by atoms with E-state index in [2.05, 4.69) is 30.6 Å². The first-order valence-corrected chi connectivity index (χ1v) is 6.77. The summed E-state index contributed by atoms with van der Waals surface area (Å²) >= 11 is 3.41. The van der Waals surface area contributed by atoms with Gasteiger partial charge >= 0.3 is 5.97 Å². The first kappa shape index (κ1) is 13.8. The number of benzene rings is 1.